The summed E-state index contributed by atoms with van der Waals surface area (Å²) in [6, 6.07) is 15.2. The van der Waals surface area contributed by atoms with Crippen LogP contribution in [0.1, 0.15) is 17.0 Å². The molecule has 0 radical (unpaired) electrons. The van der Waals surface area contributed by atoms with E-state index in [2.05, 4.69) is 63.8 Å². The molecule has 212 valence electrons. The third-order valence-electron chi connectivity index (χ3n) is 5.13. The van der Waals surface area contributed by atoms with E-state index in [0.717, 1.165) is 0 Å². The lowest BCUT2D eigenvalue weighted by atomic mass is 10.3. The fourth-order valence-electron chi connectivity index (χ4n) is 3.14. The average Bonchev–Trinajstić information content (AvgIpc) is 3.60. The molecule has 0 aliphatic carbocycles. The van der Waals surface area contributed by atoms with E-state index in [9.17, 15) is 8.78 Å². The van der Waals surface area contributed by atoms with E-state index >= 15 is 0 Å². The van der Waals surface area contributed by atoms with Gasteiger partial charge >= 0.3 is 0 Å². The Morgan fingerprint density at radius 2 is 1.09 bits per heavy atom. The Balaban J connectivity index is 0.000000167. The van der Waals surface area contributed by atoms with Gasteiger partial charge in [0.2, 0.25) is 5.82 Å². The minimum atomic E-state index is -0.316. The molecule has 13 heteroatoms. The molecule has 0 atom stereocenters. The lowest BCUT2D eigenvalue weighted by Crippen LogP contribution is -1.96. The Labute approximate surface area is 263 Å². The summed E-state index contributed by atoms with van der Waals surface area (Å²) in [5.74, 6) is 7.86. The molecule has 0 aliphatic heterocycles. The van der Waals surface area contributed by atoms with Gasteiger partial charge in [-0.1, -0.05) is 35.0 Å². The van der Waals surface area contributed by atoms with Crippen LogP contribution in [0.5, 0.6) is 0 Å². The Kier molecular flexibility index (Phi) is 11.1. The quantitative estimate of drug-likeness (QED) is 0.149. The second kappa shape index (κ2) is 15.3. The Morgan fingerprint density at radius 1 is 0.651 bits per heavy atom. The van der Waals surface area contributed by atoms with Gasteiger partial charge in [-0.3, -0.25) is 0 Å². The number of nitrogens with zero attached hydrogens (tertiary/aromatic N) is 8. The largest absolute Gasteiger partial charge is 0.231 e. The first kappa shape index (κ1) is 31.0. The standard InChI is InChI=1S/C15H8ClFN4.C11H6ClFN2.C4H3BrN2/c16-15-11(2-7-14-18-8-1-9-19-14)10-20-21(15)13-5-3-12(17)4-6-13;1-2-8-7-14-15(11(8)12)10-5-3-9(13)4-6-10;5-4-6-2-1-3-7-4/h1,3-6,8-10H;1,3-7H;1-3H. The molecule has 0 unspecified atom stereocenters. The molecule has 4 heterocycles. The maximum Gasteiger partial charge on any atom is 0.205 e. The van der Waals surface area contributed by atoms with Gasteiger partial charge in [0.1, 0.15) is 21.9 Å². The highest BCUT2D eigenvalue weighted by atomic mass is 79.9. The van der Waals surface area contributed by atoms with Gasteiger partial charge in [-0.15, -0.1) is 6.42 Å². The van der Waals surface area contributed by atoms with Crippen LogP contribution < -0.4 is 0 Å². The van der Waals surface area contributed by atoms with Crippen LogP contribution in [0.2, 0.25) is 10.3 Å². The third-order valence-corrected chi connectivity index (χ3v) is 6.26. The minimum Gasteiger partial charge on any atom is -0.231 e. The van der Waals surface area contributed by atoms with E-state index in [1.54, 1.807) is 67.4 Å². The van der Waals surface area contributed by atoms with E-state index in [-0.39, 0.29) is 11.6 Å². The van der Waals surface area contributed by atoms with Crippen LogP contribution in [0.25, 0.3) is 11.4 Å². The van der Waals surface area contributed by atoms with Gasteiger partial charge in [0.25, 0.3) is 0 Å². The monoisotopic (exact) mass is 676 g/mol. The smallest absolute Gasteiger partial charge is 0.205 e. The zero-order valence-corrected chi connectivity index (χ0v) is 24.9. The van der Waals surface area contributed by atoms with Crippen LogP contribution >= 0.6 is 39.1 Å². The number of rotatable bonds is 2. The molecule has 4 aromatic heterocycles. The van der Waals surface area contributed by atoms with Crippen LogP contribution in [-0.4, -0.2) is 39.5 Å². The summed E-state index contributed by atoms with van der Waals surface area (Å²) < 4.78 is 29.2. The van der Waals surface area contributed by atoms with Gasteiger partial charge in [-0.25, -0.2) is 38.1 Å². The highest BCUT2D eigenvalue weighted by Crippen LogP contribution is 2.20. The molecule has 0 fully saturated rings. The Bertz CT molecular complexity index is 1880. The van der Waals surface area contributed by atoms with E-state index in [0.29, 0.717) is 43.4 Å². The molecule has 0 aliphatic rings. The number of hydrogen-bond acceptors (Lipinski definition) is 6. The number of halogens is 5. The van der Waals surface area contributed by atoms with Crippen LogP contribution in [0, 0.1) is 35.8 Å². The molecular weight excluding hydrogens is 661 g/mol. The van der Waals surface area contributed by atoms with E-state index in [1.807, 2.05) is 0 Å². The fraction of sp³-hybridized carbons (Fsp3) is 0. The topological polar surface area (TPSA) is 87.2 Å². The molecule has 0 amide bonds. The molecule has 0 spiro atoms. The summed E-state index contributed by atoms with van der Waals surface area (Å²) in [5.41, 5.74) is 2.39. The second-order valence-corrected chi connectivity index (χ2v) is 9.38. The van der Waals surface area contributed by atoms with Crippen molar-refractivity contribution in [2.24, 2.45) is 0 Å². The van der Waals surface area contributed by atoms with Crippen molar-refractivity contribution < 1.29 is 8.78 Å². The molecule has 43 heavy (non-hydrogen) atoms. The molecule has 2 aromatic carbocycles. The summed E-state index contributed by atoms with van der Waals surface area (Å²) in [6.07, 6.45) is 14.8. The first-order chi connectivity index (χ1) is 20.9. The van der Waals surface area contributed by atoms with E-state index in [4.69, 9.17) is 29.6 Å². The maximum atomic E-state index is 12.9. The van der Waals surface area contributed by atoms with Gasteiger partial charge in [0.15, 0.2) is 4.73 Å². The first-order valence-electron chi connectivity index (χ1n) is 12.0. The van der Waals surface area contributed by atoms with Crippen molar-refractivity contribution in [2.75, 3.05) is 0 Å². The average molecular weight is 678 g/mol. The molecule has 6 rings (SSSR count). The van der Waals surface area contributed by atoms with Crippen molar-refractivity contribution in [3.05, 3.63) is 141 Å². The minimum absolute atomic E-state index is 0.306. The van der Waals surface area contributed by atoms with Crippen molar-refractivity contribution in [2.45, 2.75) is 0 Å². The predicted molar refractivity (Wildman–Crippen MR) is 163 cm³/mol. The molecular formula is C30H17BrCl2F2N8. The molecule has 0 bridgehead atoms. The third kappa shape index (κ3) is 8.77. The van der Waals surface area contributed by atoms with Crippen LogP contribution in [-0.2, 0) is 0 Å². The molecule has 6 aromatic rings. The normalized spacial score (nSPS) is 9.77. The fourth-order valence-corrected chi connectivity index (χ4v) is 3.86. The summed E-state index contributed by atoms with van der Waals surface area (Å²) in [5, 5.41) is 8.86. The SMILES string of the molecule is Brc1ncccn1.C#Cc1cnn(-c2ccc(F)cc2)c1Cl.Fc1ccc(-n2ncc(C#Cc3ncccn3)c2Cl)cc1. The van der Waals surface area contributed by atoms with Crippen LogP contribution in [0.15, 0.2) is 103 Å². The predicted octanol–water partition coefficient (Wildman–Crippen LogP) is 6.74. The lowest BCUT2D eigenvalue weighted by molar-refractivity contribution is 0.626. The van der Waals surface area contributed by atoms with Crippen molar-refractivity contribution in [3.63, 3.8) is 0 Å². The lowest BCUT2D eigenvalue weighted by Gasteiger charge is -2.02. The van der Waals surface area contributed by atoms with Crippen LogP contribution in [0.4, 0.5) is 8.78 Å². The zero-order valence-electron chi connectivity index (χ0n) is 21.8. The van der Waals surface area contributed by atoms with E-state index in [1.165, 1.54) is 39.8 Å². The summed E-state index contributed by atoms with van der Waals surface area (Å²) in [4.78, 5) is 15.6. The number of terminal acetylenes is 1. The highest BCUT2D eigenvalue weighted by Gasteiger charge is 2.09. The van der Waals surface area contributed by atoms with Crippen molar-refractivity contribution in [1.29, 1.82) is 0 Å². The van der Waals surface area contributed by atoms with Gasteiger partial charge in [0, 0.05) is 24.8 Å². The Morgan fingerprint density at radius 3 is 1.51 bits per heavy atom. The maximum absolute atomic E-state index is 12.9. The first-order valence-corrected chi connectivity index (χ1v) is 13.6. The van der Waals surface area contributed by atoms with E-state index < -0.39 is 0 Å². The number of benzene rings is 2. The van der Waals surface area contributed by atoms with Gasteiger partial charge in [0.05, 0.1) is 34.9 Å². The number of aromatic nitrogens is 8. The van der Waals surface area contributed by atoms with Crippen molar-refractivity contribution >= 4 is 39.1 Å². The molecule has 0 N–H and O–H groups in total. The summed E-state index contributed by atoms with van der Waals surface area (Å²) in [6.45, 7) is 0. The summed E-state index contributed by atoms with van der Waals surface area (Å²) in [7, 11) is 0. The molecule has 0 saturated heterocycles. The zero-order chi connectivity index (χ0) is 30.6. The molecule has 0 saturated carbocycles. The van der Waals surface area contributed by atoms with Gasteiger partial charge in [-0.05, 0) is 82.5 Å². The Hall–Kier alpha value is -4.94. The summed E-state index contributed by atoms with van der Waals surface area (Å²) >= 11 is 15.3. The van der Waals surface area contributed by atoms with Gasteiger partial charge < -0.3 is 0 Å². The van der Waals surface area contributed by atoms with Crippen molar-refractivity contribution in [1.82, 2.24) is 39.5 Å². The second-order valence-electron chi connectivity index (χ2n) is 7.96. The van der Waals surface area contributed by atoms with Crippen molar-refractivity contribution in [3.8, 4) is 35.6 Å². The van der Waals surface area contributed by atoms with Crippen LogP contribution in [0.3, 0.4) is 0 Å². The van der Waals surface area contributed by atoms with Gasteiger partial charge in [-0.2, -0.15) is 10.2 Å². The highest BCUT2D eigenvalue weighted by molar-refractivity contribution is 9.10. The molecule has 8 nitrogen and oxygen atoms in total. The number of hydrogen-bond donors (Lipinski definition) is 0.